The first-order valence-corrected chi connectivity index (χ1v) is 63.2. The molecule has 0 amide bonds. The van der Waals surface area contributed by atoms with E-state index in [0.29, 0.717) is 130 Å². The van der Waals surface area contributed by atoms with Crippen LogP contribution in [-0.2, 0) is 38.3 Å². The van der Waals surface area contributed by atoms with E-state index in [2.05, 4.69) is 185 Å². The van der Waals surface area contributed by atoms with Gasteiger partial charge in [-0.1, -0.05) is 286 Å². The number of esters is 1. The largest absolute Gasteiger partial charge is 0.481 e. The maximum atomic E-state index is 13.4. The van der Waals surface area contributed by atoms with E-state index < -0.39 is 17.5 Å². The smallest absolute Gasteiger partial charge is 0.306 e. The molecule has 0 spiro atoms. The van der Waals surface area contributed by atoms with Crippen LogP contribution < -0.4 is 0 Å². The first-order chi connectivity index (χ1) is 69.4. The number of cyclic esters (lactones) is 1. The highest BCUT2D eigenvalue weighted by molar-refractivity contribution is 5.94. The van der Waals surface area contributed by atoms with Gasteiger partial charge in [-0.2, -0.15) is 0 Å². The van der Waals surface area contributed by atoms with Crippen molar-refractivity contribution in [2.45, 2.75) is 531 Å². The average molecular weight is 2040 g/mol. The molecule has 0 bridgehead atoms. The number of aliphatic carboxylic acids is 1. The summed E-state index contributed by atoms with van der Waals surface area (Å²) in [6.45, 7) is 60.0. The summed E-state index contributed by atoms with van der Waals surface area (Å²) in [6, 6.07) is 0. The quantitative estimate of drug-likeness (QED) is 0.0357. The number of Topliss-reactive ketones (excluding diaryl/α,β-unsaturated/α-hetero) is 1. The third-order valence-corrected chi connectivity index (χ3v) is 49.6. The molecule has 4 N–H and O–H groups in total. The minimum Gasteiger partial charge on any atom is -0.481 e. The molecule has 18 aliphatic rings. The van der Waals surface area contributed by atoms with Gasteiger partial charge in [0.2, 0.25) is 0 Å². The molecule has 38 atom stereocenters. The third kappa shape index (κ3) is 24.0. The van der Waals surface area contributed by atoms with Crippen molar-refractivity contribution in [3.8, 4) is 0 Å². The summed E-state index contributed by atoms with van der Waals surface area (Å²) < 4.78 is 6.09. The number of ketones is 2. The van der Waals surface area contributed by atoms with E-state index in [0.717, 1.165) is 178 Å². The second-order valence-electron chi connectivity index (χ2n) is 60.0. The van der Waals surface area contributed by atoms with Crippen LogP contribution in [0.3, 0.4) is 0 Å². The maximum Gasteiger partial charge on any atom is 0.306 e. The zero-order valence-electron chi connectivity index (χ0n) is 98.8. The van der Waals surface area contributed by atoms with Crippen molar-refractivity contribution in [2.75, 3.05) is 0 Å². The summed E-state index contributed by atoms with van der Waals surface area (Å²) >= 11 is 0. The number of rotatable bonds is 33. The summed E-state index contributed by atoms with van der Waals surface area (Å²) in [6.07, 6.45) is 68.2. The number of ether oxygens (including phenoxy) is 1. The van der Waals surface area contributed by atoms with E-state index in [9.17, 15) is 54.0 Å². The fourth-order valence-electron chi connectivity index (χ4n) is 41.5. The number of aliphatic hydroxyl groups is 3. The topological polar surface area (TPSA) is 210 Å². The van der Waals surface area contributed by atoms with Crippen molar-refractivity contribution in [1.82, 2.24) is 0 Å². The zero-order chi connectivity index (χ0) is 107. The van der Waals surface area contributed by atoms with Gasteiger partial charge < -0.3 is 30.0 Å². The number of aldehydes is 3. The number of allylic oxidation sites excluding steroid dienone is 6. The molecule has 1 heterocycles. The predicted octanol–water partition coefficient (Wildman–Crippen LogP) is 33.6. The van der Waals surface area contributed by atoms with Gasteiger partial charge in [0.25, 0.3) is 0 Å². The molecular weight excluding hydrogens is 1810 g/mol. The number of carbonyl (C=O) groups is 7. The number of fused-ring (bicyclic) bond motifs is 17. The number of carboxylic acid groups (broad SMARTS) is 1. The molecule has 18 rings (SSSR count). The molecule has 13 unspecified atom stereocenters. The standard InChI is InChI=1S/C27H46O4.C27H46O3.2C27H44O2.C27H42O/c1-17(2)7-6-8-18(3)21-9-10-22-20(16-25(30)31)23(12-14-26(21,22)4)27(5)13-11-19(28)15-24(27)29;1-19(2)9-8-10-20(3)22-12-13-23-21(15-18-28)24(14-17-26(22,23)4)27(5)16-7-6-11-25(29)30-27;1-17(2)7-6-8-18(3)21-9-10-22-25-23(12-14-27(21,22)5)26(4)13-11-20(28)15-19(26)16-24(25)29;1-17(2)7-6-8-18(3)21-9-10-22-25-20(16-28)24-15-19(29)11-13-27(24,5)23(25)12-14-26(21,22)4;1-18(2)9-8-10-19(3)21-12-13-23-25-20(17-28)22-11-6-7-15-26(22,4)24(25)14-16-27(21,23)5/h17-23,28H,6-16H2,1-5H3,(H,30,31);18-24H,6-17H2,1-5H3;16-18,20-23,25,28H,6-15H2,1-5H3;16-19,21-23,25,29H,6-15H2,1-5H3;6,11,17-19,21,23-25H,7-10,12-16H2,1-5H3/t18-,19+,20+,21-,22?,23?,26-,27-;20-,21+,22-,23?,24?,26-,27-;18-,20+,21-,22?,23?,25?,26+,27-;18-,19+,21-,22?,23?,25?,26-,27-;19-,21-,23?,24?,25?,26+,27-/m11111/s1. The van der Waals surface area contributed by atoms with E-state index in [-0.39, 0.29) is 81.8 Å². The Bertz CT molecular complexity index is 4550. The van der Waals surface area contributed by atoms with Crippen molar-refractivity contribution in [1.29, 1.82) is 0 Å². The SMILES string of the molecule is CC(C)CCC[C@@H](C)[C@H]1CCC2C3C(=O)C=C4C[C@@H](O)CC[C@]4(C)C3CC[C@@]21C.CC(C)CCC[C@@H](C)[C@H]1CCC2C3C(C=O)=C4C=CCC[C@]4(C)C3CC[C@@]21C.CC(C)CCC[C@@H](C)[C@H]1CCC2C3C(C=O)=C4C[C@@H](O)CC[C@]4(C)C3CC[C@@]21C.CC(C)CCC[C@@H](C)[C@H]1CCC2[C@H](CC(=O)O)C([C@@]3(C)CC[C@H](O)CC3=O)CC[C@@]21C.CC(C)CCC[C@@H](C)[C@H]1CCC2[C@H](CC=O)C([C@@]3(C)CCCCC(=O)O3)CC[C@@]21C. The lowest BCUT2D eigenvalue weighted by Gasteiger charge is -2.57. The molecule has 0 aromatic rings. The van der Waals surface area contributed by atoms with Gasteiger partial charge in [-0.15, -0.1) is 0 Å². The molecule has 13 saturated carbocycles. The van der Waals surface area contributed by atoms with Gasteiger partial charge in [0.1, 0.15) is 30.2 Å². The summed E-state index contributed by atoms with van der Waals surface area (Å²) in [5, 5.41) is 40.3. The fourth-order valence-corrected chi connectivity index (χ4v) is 41.5. The molecule has 0 aromatic carbocycles. The monoisotopic (exact) mass is 2040 g/mol. The van der Waals surface area contributed by atoms with Crippen molar-refractivity contribution in [3.63, 3.8) is 0 Å². The lowest BCUT2D eigenvalue weighted by Crippen LogP contribution is -2.53. The van der Waals surface area contributed by atoms with E-state index in [1.807, 2.05) is 6.08 Å². The number of carboxylic acids is 1. The molecule has 0 radical (unpaired) electrons. The number of carbonyl (C=O) groups excluding carboxylic acids is 6. The van der Waals surface area contributed by atoms with Gasteiger partial charge in [0.05, 0.1) is 18.3 Å². The first-order valence-electron chi connectivity index (χ1n) is 63.2. The van der Waals surface area contributed by atoms with Crippen LogP contribution in [0.2, 0.25) is 0 Å². The highest BCUT2D eigenvalue weighted by Gasteiger charge is 2.68. The molecule has 12 heteroatoms. The van der Waals surface area contributed by atoms with Gasteiger partial charge in [-0.3, -0.25) is 28.8 Å². The minimum absolute atomic E-state index is 0.0312. The fraction of sp³-hybridized carbons (Fsp3) is 0.889. The molecule has 14 fully saturated rings. The van der Waals surface area contributed by atoms with E-state index in [1.165, 1.54) is 247 Å². The molecule has 1 saturated heterocycles. The Balaban J connectivity index is 0.000000145. The van der Waals surface area contributed by atoms with Gasteiger partial charge >= 0.3 is 11.9 Å². The normalized spacial score (nSPS) is 43.2. The number of aliphatic hydroxyl groups excluding tert-OH is 3. The second-order valence-corrected chi connectivity index (χ2v) is 60.0. The van der Waals surface area contributed by atoms with Crippen molar-refractivity contribution in [3.05, 3.63) is 46.1 Å². The summed E-state index contributed by atoms with van der Waals surface area (Å²) in [7, 11) is 0. The predicted molar refractivity (Wildman–Crippen MR) is 602 cm³/mol. The summed E-state index contributed by atoms with van der Waals surface area (Å²) in [5.41, 5.74) is 7.82. The molecule has 147 heavy (non-hydrogen) atoms. The number of hydrogen-bond donors (Lipinski definition) is 4. The Hall–Kier alpha value is -3.87. The lowest BCUT2D eigenvalue weighted by molar-refractivity contribution is -0.173. The Labute approximate surface area is 898 Å². The zero-order valence-corrected chi connectivity index (χ0v) is 98.8. The van der Waals surface area contributed by atoms with Crippen molar-refractivity contribution in [2.24, 2.45) is 226 Å². The van der Waals surface area contributed by atoms with Crippen LogP contribution in [0.4, 0.5) is 0 Å². The molecule has 1 aliphatic heterocycles. The van der Waals surface area contributed by atoms with Gasteiger partial charge in [-0.25, -0.2) is 0 Å². The van der Waals surface area contributed by atoms with Crippen LogP contribution >= 0.6 is 0 Å². The van der Waals surface area contributed by atoms with Gasteiger partial charge in [0.15, 0.2) is 5.78 Å². The van der Waals surface area contributed by atoms with Crippen molar-refractivity contribution < 1.29 is 58.7 Å². The van der Waals surface area contributed by atoms with Crippen molar-refractivity contribution >= 4 is 42.4 Å². The Morgan fingerprint density at radius 3 is 1.16 bits per heavy atom. The summed E-state index contributed by atoms with van der Waals surface area (Å²) in [5.74, 6) is 18.5. The van der Waals surface area contributed by atoms with Gasteiger partial charge in [-0.05, 0) is 451 Å². The minimum atomic E-state index is -0.723. The van der Waals surface area contributed by atoms with Crippen LogP contribution in [0, 0.1) is 226 Å². The third-order valence-electron chi connectivity index (χ3n) is 49.6. The van der Waals surface area contributed by atoms with Gasteiger partial charge in [0, 0.05) is 42.9 Å². The van der Waals surface area contributed by atoms with Crippen LogP contribution in [0.1, 0.15) is 507 Å². The van der Waals surface area contributed by atoms with Crippen LogP contribution in [0.5, 0.6) is 0 Å². The Morgan fingerprint density at radius 2 is 0.735 bits per heavy atom. The van der Waals surface area contributed by atoms with Crippen LogP contribution in [0.15, 0.2) is 46.1 Å². The Morgan fingerprint density at radius 1 is 0.367 bits per heavy atom. The first kappa shape index (κ1) is 119. The van der Waals surface area contributed by atoms with Crippen LogP contribution in [0.25, 0.3) is 0 Å². The Kier molecular flexibility index (Phi) is 39.3. The maximum absolute atomic E-state index is 13.4. The van der Waals surface area contributed by atoms with Crippen LogP contribution in [-0.4, -0.2) is 86.7 Å². The summed E-state index contributed by atoms with van der Waals surface area (Å²) in [4.78, 5) is 87.0. The molecule has 0 aromatic heterocycles. The average Bonchev–Trinajstić information content (AvgIpc) is 1.61. The van der Waals surface area contributed by atoms with E-state index in [4.69, 9.17) is 4.74 Å². The second kappa shape index (κ2) is 48.7. The lowest BCUT2D eigenvalue weighted by atomic mass is 9.46. The molecular formula is C135H222O12. The number of hydrogen-bond acceptors (Lipinski definition) is 11. The highest BCUT2D eigenvalue weighted by atomic mass is 16.6. The molecule has 17 aliphatic carbocycles. The van der Waals surface area contributed by atoms with E-state index in [1.54, 1.807) is 0 Å². The highest BCUT2D eigenvalue weighted by Crippen LogP contribution is 2.75. The molecule has 834 valence electrons. The molecule has 12 nitrogen and oxygen atoms in total. The van der Waals surface area contributed by atoms with E-state index >= 15 is 0 Å².